The van der Waals surface area contributed by atoms with Crippen LogP contribution in [0.3, 0.4) is 0 Å². The molecule has 1 unspecified atom stereocenters. The topological polar surface area (TPSA) is 46.3 Å². The summed E-state index contributed by atoms with van der Waals surface area (Å²) in [6, 6.07) is -0.332. The van der Waals surface area contributed by atoms with Crippen molar-refractivity contribution in [1.29, 1.82) is 0 Å². The molecule has 1 aliphatic heterocycles. The van der Waals surface area contributed by atoms with E-state index in [0.717, 1.165) is 25.9 Å². The molecule has 0 aromatic heterocycles. The summed E-state index contributed by atoms with van der Waals surface area (Å²) in [5.41, 5.74) is 6.29. The van der Waals surface area contributed by atoms with Gasteiger partial charge < -0.3 is 10.6 Å². The lowest BCUT2D eigenvalue weighted by atomic mass is 9.85. The van der Waals surface area contributed by atoms with Crippen LogP contribution in [0.1, 0.15) is 47.0 Å². The first-order valence-electron chi connectivity index (χ1n) is 6.38. The van der Waals surface area contributed by atoms with Gasteiger partial charge in [-0.25, -0.2) is 0 Å². The van der Waals surface area contributed by atoms with Gasteiger partial charge in [0.15, 0.2) is 0 Å². The molecule has 1 rings (SSSR count). The van der Waals surface area contributed by atoms with Crippen molar-refractivity contribution >= 4 is 18.3 Å². The highest BCUT2D eigenvalue weighted by molar-refractivity contribution is 5.85. The first kappa shape index (κ1) is 16.7. The van der Waals surface area contributed by atoms with Gasteiger partial charge in [-0.05, 0) is 30.6 Å². The Labute approximate surface area is 112 Å². The van der Waals surface area contributed by atoms with E-state index in [1.165, 1.54) is 6.42 Å². The van der Waals surface area contributed by atoms with Crippen LogP contribution in [0.2, 0.25) is 0 Å². The van der Waals surface area contributed by atoms with Crippen LogP contribution < -0.4 is 5.73 Å². The largest absolute Gasteiger partial charge is 0.341 e. The van der Waals surface area contributed by atoms with Crippen molar-refractivity contribution in [1.82, 2.24) is 4.90 Å². The molecule has 1 saturated heterocycles. The van der Waals surface area contributed by atoms with Crippen molar-refractivity contribution in [3.8, 4) is 0 Å². The molecule has 0 spiro atoms. The van der Waals surface area contributed by atoms with Crippen LogP contribution in [0.5, 0.6) is 0 Å². The van der Waals surface area contributed by atoms with Crippen LogP contribution >= 0.6 is 12.4 Å². The lowest BCUT2D eigenvalue weighted by Crippen LogP contribution is -2.47. The number of amides is 1. The standard InChI is InChI=1S/C13H26N2O.ClH/c1-10(2)11(14)12(16)15-8-5-6-13(3,4)7-9-15;/h10-11H,5-9,14H2,1-4H3;1H. The Morgan fingerprint density at radius 1 is 1.24 bits per heavy atom. The summed E-state index contributed by atoms with van der Waals surface area (Å²) in [5.74, 6) is 0.358. The monoisotopic (exact) mass is 262 g/mol. The van der Waals surface area contributed by atoms with Crippen LogP contribution in [-0.4, -0.2) is 29.9 Å². The molecule has 0 radical (unpaired) electrons. The molecule has 3 nitrogen and oxygen atoms in total. The molecular formula is C13H27ClN2O. The fourth-order valence-electron chi connectivity index (χ4n) is 2.14. The zero-order valence-corrected chi connectivity index (χ0v) is 12.3. The van der Waals surface area contributed by atoms with Gasteiger partial charge in [0.25, 0.3) is 0 Å². The van der Waals surface area contributed by atoms with Crippen molar-refractivity contribution < 1.29 is 4.79 Å². The van der Waals surface area contributed by atoms with E-state index in [9.17, 15) is 4.79 Å². The summed E-state index contributed by atoms with van der Waals surface area (Å²) in [6.07, 6.45) is 3.39. The molecule has 0 bridgehead atoms. The van der Waals surface area contributed by atoms with Crippen LogP contribution in [-0.2, 0) is 4.79 Å². The minimum absolute atomic E-state index is 0. The van der Waals surface area contributed by atoms with E-state index >= 15 is 0 Å². The second-order valence-corrected chi connectivity index (χ2v) is 6.11. The van der Waals surface area contributed by atoms with Crippen molar-refractivity contribution in [2.24, 2.45) is 17.1 Å². The van der Waals surface area contributed by atoms with E-state index in [2.05, 4.69) is 13.8 Å². The van der Waals surface area contributed by atoms with Crippen molar-refractivity contribution in [3.05, 3.63) is 0 Å². The van der Waals surface area contributed by atoms with Gasteiger partial charge in [0.1, 0.15) is 0 Å². The van der Waals surface area contributed by atoms with E-state index in [1.807, 2.05) is 18.7 Å². The molecule has 1 heterocycles. The minimum Gasteiger partial charge on any atom is -0.341 e. The van der Waals surface area contributed by atoms with Gasteiger partial charge in [0, 0.05) is 13.1 Å². The third-order valence-corrected chi connectivity index (χ3v) is 3.66. The Bertz CT molecular complexity index is 254. The quantitative estimate of drug-likeness (QED) is 0.831. The normalized spacial score (nSPS) is 21.6. The molecular weight excluding hydrogens is 236 g/mol. The summed E-state index contributed by atoms with van der Waals surface area (Å²) in [6.45, 7) is 10.3. The first-order valence-corrected chi connectivity index (χ1v) is 6.38. The van der Waals surface area contributed by atoms with E-state index in [1.54, 1.807) is 0 Å². The number of halogens is 1. The number of nitrogens with zero attached hydrogens (tertiary/aromatic N) is 1. The molecule has 1 fully saturated rings. The molecule has 102 valence electrons. The summed E-state index contributed by atoms with van der Waals surface area (Å²) in [7, 11) is 0. The summed E-state index contributed by atoms with van der Waals surface area (Å²) in [5, 5.41) is 0. The van der Waals surface area contributed by atoms with Crippen LogP contribution in [0, 0.1) is 11.3 Å². The Hall–Kier alpha value is -0.280. The summed E-state index contributed by atoms with van der Waals surface area (Å²) in [4.78, 5) is 14.1. The van der Waals surface area contributed by atoms with E-state index < -0.39 is 0 Å². The van der Waals surface area contributed by atoms with Gasteiger partial charge in [-0.1, -0.05) is 27.7 Å². The third-order valence-electron chi connectivity index (χ3n) is 3.66. The predicted octanol–water partition coefficient (Wildman–Crippen LogP) is 2.43. The van der Waals surface area contributed by atoms with E-state index in [4.69, 9.17) is 5.73 Å². The molecule has 0 aromatic carbocycles. The number of rotatable bonds is 2. The van der Waals surface area contributed by atoms with Gasteiger partial charge >= 0.3 is 0 Å². The number of nitrogens with two attached hydrogens (primary N) is 1. The minimum atomic E-state index is -0.332. The molecule has 2 N–H and O–H groups in total. The number of carbonyl (C=O) groups is 1. The Kier molecular flexibility index (Phi) is 6.49. The molecule has 1 aliphatic rings. The fraction of sp³-hybridized carbons (Fsp3) is 0.923. The maximum absolute atomic E-state index is 12.1. The van der Waals surface area contributed by atoms with Crippen molar-refractivity contribution in [3.63, 3.8) is 0 Å². The van der Waals surface area contributed by atoms with Gasteiger partial charge in [-0.2, -0.15) is 0 Å². The Morgan fingerprint density at radius 2 is 1.82 bits per heavy atom. The number of carbonyl (C=O) groups excluding carboxylic acids is 1. The summed E-state index contributed by atoms with van der Waals surface area (Å²) < 4.78 is 0. The van der Waals surface area contributed by atoms with Crippen molar-refractivity contribution in [2.45, 2.75) is 53.0 Å². The zero-order chi connectivity index (χ0) is 12.3. The smallest absolute Gasteiger partial charge is 0.239 e. The molecule has 0 saturated carbocycles. The Morgan fingerprint density at radius 3 is 2.35 bits per heavy atom. The second-order valence-electron chi connectivity index (χ2n) is 6.11. The fourth-order valence-corrected chi connectivity index (χ4v) is 2.14. The highest BCUT2D eigenvalue weighted by atomic mass is 35.5. The van der Waals surface area contributed by atoms with Gasteiger partial charge in [0.2, 0.25) is 5.91 Å². The lowest BCUT2D eigenvalue weighted by molar-refractivity contribution is -0.133. The summed E-state index contributed by atoms with van der Waals surface area (Å²) >= 11 is 0. The molecule has 1 amide bonds. The van der Waals surface area contributed by atoms with Gasteiger partial charge in [-0.15, -0.1) is 12.4 Å². The number of hydrogen-bond donors (Lipinski definition) is 1. The third kappa shape index (κ3) is 4.84. The van der Waals surface area contributed by atoms with Gasteiger partial charge in [-0.3, -0.25) is 4.79 Å². The first-order chi connectivity index (χ1) is 7.33. The van der Waals surface area contributed by atoms with E-state index in [-0.39, 0.29) is 30.3 Å². The van der Waals surface area contributed by atoms with Crippen molar-refractivity contribution in [2.75, 3.05) is 13.1 Å². The van der Waals surface area contributed by atoms with E-state index in [0.29, 0.717) is 5.41 Å². The predicted molar refractivity (Wildman–Crippen MR) is 74.3 cm³/mol. The lowest BCUT2D eigenvalue weighted by Gasteiger charge is -2.27. The van der Waals surface area contributed by atoms with Crippen LogP contribution in [0.25, 0.3) is 0 Å². The van der Waals surface area contributed by atoms with Gasteiger partial charge in [0.05, 0.1) is 6.04 Å². The average Bonchev–Trinajstić information content (AvgIpc) is 2.37. The van der Waals surface area contributed by atoms with Crippen LogP contribution in [0.15, 0.2) is 0 Å². The number of hydrogen-bond acceptors (Lipinski definition) is 2. The van der Waals surface area contributed by atoms with Crippen LogP contribution in [0.4, 0.5) is 0 Å². The Balaban J connectivity index is 0.00000256. The molecule has 4 heteroatoms. The zero-order valence-electron chi connectivity index (χ0n) is 11.5. The maximum atomic E-state index is 12.1. The number of likely N-dealkylation sites (tertiary alicyclic amines) is 1. The highest BCUT2D eigenvalue weighted by Crippen LogP contribution is 2.29. The maximum Gasteiger partial charge on any atom is 0.239 e. The molecule has 0 aromatic rings. The second kappa shape index (κ2) is 6.60. The average molecular weight is 263 g/mol. The highest BCUT2D eigenvalue weighted by Gasteiger charge is 2.28. The molecule has 1 atom stereocenters. The SMILES string of the molecule is CC(C)C(N)C(=O)N1CCCC(C)(C)CC1.Cl. The molecule has 0 aliphatic carbocycles. The molecule has 17 heavy (non-hydrogen) atoms.